The molecule has 0 N–H and O–H groups in total. The normalized spacial score (nSPS) is 37.7. The molecular weight excluding hydrogens is 200 g/mol. The van der Waals surface area contributed by atoms with E-state index in [-0.39, 0.29) is 18.3 Å². The zero-order valence-electron chi connectivity index (χ0n) is 9.36. The van der Waals surface area contributed by atoms with E-state index in [0.717, 1.165) is 5.94 Å². The minimum absolute atomic E-state index is 0.0946. The summed E-state index contributed by atoms with van der Waals surface area (Å²) in [6, 6.07) is 0. The van der Waals surface area contributed by atoms with Crippen molar-refractivity contribution in [1.29, 1.82) is 0 Å². The highest BCUT2D eigenvalue weighted by atomic mass is 32.2. The number of ether oxygens (including phenoxy) is 3. The van der Waals surface area contributed by atoms with Gasteiger partial charge in [0.25, 0.3) is 0 Å². The molecule has 1 aliphatic heterocycles. The summed E-state index contributed by atoms with van der Waals surface area (Å²) in [5.41, 5.74) is 0. The molecule has 0 aromatic carbocycles. The van der Waals surface area contributed by atoms with Crippen molar-refractivity contribution in [3.63, 3.8) is 0 Å². The van der Waals surface area contributed by atoms with Crippen LogP contribution in [0.3, 0.4) is 0 Å². The number of hydrogen-bond acceptors (Lipinski definition) is 4. The highest BCUT2D eigenvalue weighted by molar-refractivity contribution is 7.98. The Morgan fingerprint density at radius 1 is 1.36 bits per heavy atom. The molecule has 1 saturated heterocycles. The lowest BCUT2D eigenvalue weighted by Crippen LogP contribution is -2.32. The molecule has 1 fully saturated rings. The summed E-state index contributed by atoms with van der Waals surface area (Å²) in [7, 11) is 1.70. The highest BCUT2D eigenvalue weighted by Gasteiger charge is 2.40. The Bertz CT molecular complexity index is 165. The van der Waals surface area contributed by atoms with Gasteiger partial charge in [-0.15, -0.1) is 11.8 Å². The van der Waals surface area contributed by atoms with Crippen molar-refractivity contribution in [2.45, 2.75) is 32.2 Å². The van der Waals surface area contributed by atoms with Crippen LogP contribution in [0.4, 0.5) is 0 Å². The molecule has 0 aliphatic carbocycles. The van der Waals surface area contributed by atoms with Gasteiger partial charge in [0, 0.05) is 13.0 Å². The van der Waals surface area contributed by atoms with Crippen molar-refractivity contribution >= 4 is 11.8 Å². The molecule has 0 aromatic rings. The smallest absolute Gasteiger partial charge is 0.108 e. The van der Waals surface area contributed by atoms with Crippen LogP contribution in [-0.4, -0.2) is 44.2 Å². The quantitative estimate of drug-likeness (QED) is 0.660. The van der Waals surface area contributed by atoms with E-state index in [1.807, 2.05) is 6.26 Å². The molecular formula is C10H20O3S. The summed E-state index contributed by atoms with van der Waals surface area (Å²) < 4.78 is 16.6. The maximum Gasteiger partial charge on any atom is 0.108 e. The third-order valence-corrected chi connectivity index (χ3v) is 3.10. The summed E-state index contributed by atoms with van der Waals surface area (Å²) in [6.45, 7) is 4.88. The van der Waals surface area contributed by atoms with E-state index in [1.54, 1.807) is 18.9 Å². The largest absolute Gasteiger partial charge is 0.382 e. The van der Waals surface area contributed by atoms with Gasteiger partial charge >= 0.3 is 0 Å². The van der Waals surface area contributed by atoms with Gasteiger partial charge in [0.05, 0.1) is 24.8 Å². The zero-order chi connectivity index (χ0) is 10.6. The van der Waals surface area contributed by atoms with E-state index in [2.05, 4.69) is 13.8 Å². The maximum absolute atomic E-state index is 5.76. The Labute approximate surface area is 90.5 Å². The molecule has 0 spiro atoms. The number of thioether (sulfide) groups is 1. The van der Waals surface area contributed by atoms with Crippen LogP contribution in [-0.2, 0) is 14.2 Å². The summed E-state index contributed by atoms with van der Waals surface area (Å²) in [4.78, 5) is 0. The van der Waals surface area contributed by atoms with Crippen molar-refractivity contribution in [1.82, 2.24) is 0 Å². The van der Waals surface area contributed by atoms with Gasteiger partial charge < -0.3 is 14.2 Å². The van der Waals surface area contributed by atoms with Gasteiger partial charge in [-0.25, -0.2) is 0 Å². The average molecular weight is 220 g/mol. The molecule has 0 amide bonds. The van der Waals surface area contributed by atoms with Crippen molar-refractivity contribution in [2.75, 3.05) is 25.9 Å². The van der Waals surface area contributed by atoms with E-state index >= 15 is 0 Å². The van der Waals surface area contributed by atoms with Crippen LogP contribution >= 0.6 is 11.8 Å². The molecule has 0 bridgehead atoms. The Balaban J connectivity index is 2.47. The molecule has 0 saturated carbocycles. The SMILES string of the molecule is COC[C@H]1O[C@@H](C)C(C)C1OCSC. The Kier molecular flexibility index (Phi) is 5.23. The second kappa shape index (κ2) is 5.95. The molecule has 0 aromatic heterocycles. The third-order valence-electron chi connectivity index (χ3n) is 2.72. The Hall–Kier alpha value is 0.230. The summed E-state index contributed by atoms with van der Waals surface area (Å²) in [5, 5.41) is 0. The van der Waals surface area contributed by atoms with Crippen molar-refractivity contribution < 1.29 is 14.2 Å². The first-order valence-corrected chi connectivity index (χ1v) is 6.35. The molecule has 1 aliphatic rings. The third kappa shape index (κ3) is 2.86. The van der Waals surface area contributed by atoms with Crippen LogP contribution in [0.2, 0.25) is 0 Å². The van der Waals surface area contributed by atoms with Crippen molar-refractivity contribution in [3.8, 4) is 0 Å². The predicted octanol–water partition coefficient (Wildman–Crippen LogP) is 1.76. The number of methoxy groups -OCH3 is 1. The molecule has 4 heteroatoms. The van der Waals surface area contributed by atoms with Crippen LogP contribution in [0.25, 0.3) is 0 Å². The van der Waals surface area contributed by atoms with Crippen LogP contribution < -0.4 is 0 Å². The molecule has 2 unspecified atom stereocenters. The average Bonchev–Trinajstić information content (AvgIpc) is 2.42. The molecule has 0 radical (unpaired) electrons. The first kappa shape index (κ1) is 12.3. The van der Waals surface area contributed by atoms with Gasteiger partial charge in [0.15, 0.2) is 0 Å². The van der Waals surface area contributed by atoms with Gasteiger partial charge in [-0.2, -0.15) is 0 Å². The molecule has 3 nitrogen and oxygen atoms in total. The molecule has 1 rings (SSSR count). The second-order valence-electron chi connectivity index (χ2n) is 3.73. The van der Waals surface area contributed by atoms with Gasteiger partial charge in [0.2, 0.25) is 0 Å². The van der Waals surface area contributed by atoms with E-state index in [4.69, 9.17) is 14.2 Å². The van der Waals surface area contributed by atoms with Crippen LogP contribution in [0.5, 0.6) is 0 Å². The summed E-state index contributed by atoms with van der Waals surface area (Å²) >= 11 is 1.69. The lowest BCUT2D eigenvalue weighted by atomic mass is 9.99. The first-order chi connectivity index (χ1) is 6.70. The van der Waals surface area contributed by atoms with Crippen LogP contribution in [0.15, 0.2) is 0 Å². The summed E-state index contributed by atoms with van der Waals surface area (Å²) in [6.07, 6.45) is 2.58. The number of rotatable bonds is 5. The van der Waals surface area contributed by atoms with Crippen LogP contribution in [0.1, 0.15) is 13.8 Å². The summed E-state index contributed by atoms with van der Waals surface area (Å²) in [5.74, 6) is 1.17. The van der Waals surface area contributed by atoms with Gasteiger partial charge in [-0.1, -0.05) is 6.92 Å². The predicted molar refractivity (Wildman–Crippen MR) is 58.6 cm³/mol. The van der Waals surface area contributed by atoms with Gasteiger partial charge in [-0.3, -0.25) is 0 Å². The van der Waals surface area contributed by atoms with E-state index in [0.29, 0.717) is 12.5 Å². The minimum Gasteiger partial charge on any atom is -0.382 e. The zero-order valence-corrected chi connectivity index (χ0v) is 10.2. The Morgan fingerprint density at radius 2 is 2.07 bits per heavy atom. The molecule has 1 heterocycles. The number of hydrogen-bond donors (Lipinski definition) is 0. The topological polar surface area (TPSA) is 27.7 Å². The standard InChI is InChI=1S/C10H20O3S/c1-7-8(2)13-9(5-11-3)10(7)12-6-14-4/h7-10H,5-6H2,1-4H3/t7?,8-,9+,10?/m0/s1. The fourth-order valence-electron chi connectivity index (χ4n) is 1.79. The van der Waals surface area contributed by atoms with E-state index in [9.17, 15) is 0 Å². The molecule has 84 valence electrons. The van der Waals surface area contributed by atoms with E-state index in [1.165, 1.54) is 0 Å². The monoisotopic (exact) mass is 220 g/mol. The van der Waals surface area contributed by atoms with Gasteiger partial charge in [0.1, 0.15) is 6.10 Å². The molecule has 4 atom stereocenters. The van der Waals surface area contributed by atoms with Crippen LogP contribution in [0, 0.1) is 5.92 Å². The van der Waals surface area contributed by atoms with Gasteiger partial charge in [-0.05, 0) is 13.2 Å². The fraction of sp³-hybridized carbons (Fsp3) is 1.00. The highest BCUT2D eigenvalue weighted by Crippen LogP contribution is 2.29. The Morgan fingerprint density at radius 3 is 2.64 bits per heavy atom. The molecule has 14 heavy (non-hydrogen) atoms. The second-order valence-corrected chi connectivity index (χ2v) is 4.54. The lowest BCUT2D eigenvalue weighted by molar-refractivity contribution is -0.0441. The minimum atomic E-state index is 0.0946. The maximum atomic E-state index is 5.76. The van der Waals surface area contributed by atoms with E-state index < -0.39 is 0 Å². The van der Waals surface area contributed by atoms with Crippen molar-refractivity contribution in [3.05, 3.63) is 0 Å². The van der Waals surface area contributed by atoms with Crippen molar-refractivity contribution in [2.24, 2.45) is 5.92 Å². The fourth-order valence-corrected chi connectivity index (χ4v) is 2.08. The lowest BCUT2D eigenvalue weighted by Gasteiger charge is -2.20. The first-order valence-electron chi connectivity index (χ1n) is 4.95.